The zero-order valence-electron chi connectivity index (χ0n) is 10.6. The second kappa shape index (κ2) is 8.49. The van der Waals surface area contributed by atoms with E-state index in [0.29, 0.717) is 25.4 Å². The summed E-state index contributed by atoms with van der Waals surface area (Å²) in [5, 5.41) is 3.21. The molecule has 0 bridgehead atoms. The second-order valence-electron chi connectivity index (χ2n) is 3.83. The molecule has 0 radical (unpaired) electrons. The Morgan fingerprint density at radius 1 is 1.33 bits per heavy atom. The first kappa shape index (κ1) is 14.5. The minimum atomic E-state index is -0.415. The molecule has 18 heavy (non-hydrogen) atoms. The number of carbonyl (C=O) groups excluding carboxylic acids is 1. The zero-order valence-corrected chi connectivity index (χ0v) is 10.6. The Balaban J connectivity index is 2.19. The number of carbonyl (C=O) groups is 1. The number of rotatable bonds is 9. The number of methoxy groups -OCH3 is 1. The Morgan fingerprint density at radius 2 is 2.17 bits per heavy atom. The molecule has 0 aromatic heterocycles. The minimum Gasteiger partial charge on any atom is -0.385 e. The van der Waals surface area contributed by atoms with E-state index in [1.165, 1.54) is 0 Å². The summed E-state index contributed by atoms with van der Waals surface area (Å²) in [4.78, 5) is 11.0. The lowest BCUT2D eigenvalue weighted by atomic mass is 10.2. The van der Waals surface area contributed by atoms with Crippen molar-refractivity contribution < 1.29 is 14.3 Å². The predicted molar refractivity (Wildman–Crippen MR) is 70.8 cm³/mol. The molecule has 0 spiro atoms. The van der Waals surface area contributed by atoms with E-state index in [0.717, 1.165) is 18.7 Å². The Morgan fingerprint density at radius 3 is 2.89 bits per heavy atom. The summed E-state index contributed by atoms with van der Waals surface area (Å²) in [5.74, 6) is -0.415. The largest absolute Gasteiger partial charge is 0.385 e. The van der Waals surface area contributed by atoms with Gasteiger partial charge in [0.15, 0.2) is 0 Å². The molecule has 0 saturated carbocycles. The molecular formula is C13H20N2O3. The average molecular weight is 252 g/mol. The monoisotopic (exact) mass is 252 g/mol. The smallest absolute Gasteiger partial charge is 0.248 e. The van der Waals surface area contributed by atoms with E-state index >= 15 is 0 Å². The van der Waals surface area contributed by atoms with Crippen molar-refractivity contribution in [3.05, 3.63) is 29.8 Å². The summed E-state index contributed by atoms with van der Waals surface area (Å²) in [7, 11) is 1.65. The molecule has 0 atom stereocenters. The summed E-state index contributed by atoms with van der Waals surface area (Å²) < 4.78 is 10.2. The molecule has 1 aromatic rings. The van der Waals surface area contributed by atoms with Crippen molar-refractivity contribution in [1.82, 2.24) is 0 Å². The third-order valence-corrected chi connectivity index (χ3v) is 2.37. The molecule has 0 unspecified atom stereocenters. The Bertz CT molecular complexity index is 369. The number of nitrogens with two attached hydrogens (primary N) is 1. The quantitative estimate of drug-likeness (QED) is 0.649. The number of ether oxygens (including phenoxy) is 2. The Kier molecular flexibility index (Phi) is 6.83. The minimum absolute atomic E-state index is 0.415. The van der Waals surface area contributed by atoms with E-state index in [4.69, 9.17) is 15.2 Å². The molecule has 0 aliphatic heterocycles. The van der Waals surface area contributed by atoms with Crippen LogP contribution in [0.25, 0.3) is 0 Å². The van der Waals surface area contributed by atoms with Crippen molar-refractivity contribution in [2.75, 3.05) is 38.8 Å². The van der Waals surface area contributed by atoms with Crippen LogP contribution in [0.2, 0.25) is 0 Å². The molecule has 0 aliphatic rings. The number of nitrogens with one attached hydrogen (secondary N) is 1. The summed E-state index contributed by atoms with van der Waals surface area (Å²) in [5.41, 5.74) is 6.61. The van der Waals surface area contributed by atoms with Gasteiger partial charge in [-0.3, -0.25) is 4.79 Å². The highest BCUT2D eigenvalue weighted by Crippen LogP contribution is 2.09. The molecule has 5 nitrogen and oxygen atoms in total. The highest BCUT2D eigenvalue weighted by atomic mass is 16.5. The maximum atomic E-state index is 11.0. The molecule has 3 N–H and O–H groups in total. The maximum Gasteiger partial charge on any atom is 0.248 e. The fraction of sp³-hybridized carbons (Fsp3) is 0.462. The molecule has 5 heteroatoms. The SMILES string of the molecule is COCCOCCCNc1cccc(C(N)=O)c1. The first-order valence-corrected chi connectivity index (χ1v) is 5.94. The van der Waals surface area contributed by atoms with Gasteiger partial charge in [-0.05, 0) is 24.6 Å². The number of benzene rings is 1. The van der Waals surface area contributed by atoms with E-state index in [1.54, 1.807) is 25.3 Å². The highest BCUT2D eigenvalue weighted by molar-refractivity contribution is 5.93. The number of amides is 1. The van der Waals surface area contributed by atoms with Gasteiger partial charge < -0.3 is 20.5 Å². The molecule has 1 amide bonds. The van der Waals surface area contributed by atoms with Crippen LogP contribution in [0.1, 0.15) is 16.8 Å². The van der Waals surface area contributed by atoms with E-state index in [9.17, 15) is 4.79 Å². The normalized spacial score (nSPS) is 10.3. The first-order valence-electron chi connectivity index (χ1n) is 5.94. The van der Waals surface area contributed by atoms with Gasteiger partial charge in [0.25, 0.3) is 0 Å². The zero-order chi connectivity index (χ0) is 13.2. The lowest BCUT2D eigenvalue weighted by molar-refractivity contribution is 0.0705. The van der Waals surface area contributed by atoms with Crippen LogP contribution in [0.15, 0.2) is 24.3 Å². The summed E-state index contributed by atoms with van der Waals surface area (Å²) in [6.45, 7) is 2.71. The van der Waals surface area contributed by atoms with Crippen LogP contribution in [0.4, 0.5) is 5.69 Å². The standard InChI is InChI=1S/C13H20N2O3/c1-17-8-9-18-7-3-6-15-12-5-2-4-11(10-12)13(14)16/h2,4-5,10,15H,3,6-9H2,1H3,(H2,14,16). The molecule has 1 rings (SSSR count). The van der Waals surface area contributed by atoms with Gasteiger partial charge in [0, 0.05) is 31.5 Å². The third kappa shape index (κ3) is 5.65. The topological polar surface area (TPSA) is 73.6 Å². The number of primary amides is 1. The Labute approximate surface area is 107 Å². The lowest BCUT2D eigenvalue weighted by Crippen LogP contribution is -2.12. The van der Waals surface area contributed by atoms with Crippen LogP contribution >= 0.6 is 0 Å². The van der Waals surface area contributed by atoms with Gasteiger partial charge in [-0.1, -0.05) is 6.07 Å². The van der Waals surface area contributed by atoms with Crippen LogP contribution in [-0.4, -0.2) is 39.4 Å². The molecule has 0 fully saturated rings. The van der Waals surface area contributed by atoms with E-state index < -0.39 is 5.91 Å². The molecule has 1 aromatic carbocycles. The van der Waals surface area contributed by atoms with Gasteiger partial charge in [-0.2, -0.15) is 0 Å². The third-order valence-electron chi connectivity index (χ3n) is 2.37. The number of hydrogen-bond acceptors (Lipinski definition) is 4. The highest BCUT2D eigenvalue weighted by Gasteiger charge is 2.00. The fourth-order valence-corrected chi connectivity index (χ4v) is 1.43. The summed E-state index contributed by atoms with van der Waals surface area (Å²) >= 11 is 0. The van der Waals surface area contributed by atoms with Crippen LogP contribution < -0.4 is 11.1 Å². The van der Waals surface area contributed by atoms with Gasteiger partial charge in [-0.25, -0.2) is 0 Å². The first-order chi connectivity index (χ1) is 8.74. The fourth-order valence-electron chi connectivity index (χ4n) is 1.43. The maximum absolute atomic E-state index is 11.0. The van der Waals surface area contributed by atoms with Gasteiger partial charge in [-0.15, -0.1) is 0 Å². The van der Waals surface area contributed by atoms with E-state index in [1.807, 2.05) is 6.07 Å². The van der Waals surface area contributed by atoms with Crippen molar-refractivity contribution in [2.45, 2.75) is 6.42 Å². The lowest BCUT2D eigenvalue weighted by Gasteiger charge is -2.07. The van der Waals surface area contributed by atoms with Crippen molar-refractivity contribution in [2.24, 2.45) is 5.73 Å². The number of hydrogen-bond donors (Lipinski definition) is 2. The van der Waals surface area contributed by atoms with Gasteiger partial charge in [0.1, 0.15) is 0 Å². The molecule has 0 heterocycles. The van der Waals surface area contributed by atoms with Crippen LogP contribution in [0.3, 0.4) is 0 Å². The van der Waals surface area contributed by atoms with Crippen molar-refractivity contribution in [3.8, 4) is 0 Å². The van der Waals surface area contributed by atoms with Crippen LogP contribution in [0.5, 0.6) is 0 Å². The van der Waals surface area contributed by atoms with Gasteiger partial charge in [0.05, 0.1) is 13.2 Å². The number of anilines is 1. The molecular weight excluding hydrogens is 232 g/mol. The van der Waals surface area contributed by atoms with Crippen LogP contribution in [-0.2, 0) is 9.47 Å². The summed E-state index contributed by atoms with van der Waals surface area (Å²) in [6.07, 6.45) is 0.893. The predicted octanol–water partition coefficient (Wildman–Crippen LogP) is 1.25. The van der Waals surface area contributed by atoms with Crippen LogP contribution in [0, 0.1) is 0 Å². The summed E-state index contributed by atoms with van der Waals surface area (Å²) in [6, 6.07) is 7.14. The Hall–Kier alpha value is -1.59. The molecule has 0 aliphatic carbocycles. The van der Waals surface area contributed by atoms with Gasteiger partial charge >= 0.3 is 0 Å². The van der Waals surface area contributed by atoms with E-state index in [2.05, 4.69) is 5.32 Å². The average Bonchev–Trinajstić information content (AvgIpc) is 2.38. The van der Waals surface area contributed by atoms with Crippen molar-refractivity contribution >= 4 is 11.6 Å². The molecule has 100 valence electrons. The van der Waals surface area contributed by atoms with Crippen molar-refractivity contribution in [3.63, 3.8) is 0 Å². The second-order valence-corrected chi connectivity index (χ2v) is 3.83. The van der Waals surface area contributed by atoms with E-state index in [-0.39, 0.29) is 0 Å². The van der Waals surface area contributed by atoms with Gasteiger partial charge in [0.2, 0.25) is 5.91 Å². The van der Waals surface area contributed by atoms with Crippen molar-refractivity contribution in [1.29, 1.82) is 0 Å². The molecule has 0 saturated heterocycles.